The van der Waals surface area contributed by atoms with E-state index in [-0.39, 0.29) is 11.3 Å². The first-order valence-corrected chi connectivity index (χ1v) is 9.99. The van der Waals surface area contributed by atoms with Crippen LogP contribution in [0.1, 0.15) is 49.6 Å². The zero-order chi connectivity index (χ0) is 20.7. The Balaban J connectivity index is 1.55. The molecule has 2 aromatic carbocycles. The van der Waals surface area contributed by atoms with Crippen molar-refractivity contribution in [3.05, 3.63) is 95.3 Å². The molecule has 3 heteroatoms. The van der Waals surface area contributed by atoms with Gasteiger partial charge >= 0.3 is 0 Å². The standard InChI is InChI=1S/C26H28N2O/c1-26(2,3)22-14-10-20(11-15-22)13-17-25(29)28-24-9-6-7-21(19-24)12-16-23-8-4-5-18-27-23/h4-12,14-16,18-19H,13,17H2,1-3H3,(H,28,29)/b16-12+. The largest absolute Gasteiger partial charge is 0.326 e. The van der Waals surface area contributed by atoms with Crippen molar-refractivity contribution in [1.29, 1.82) is 0 Å². The molecule has 1 amide bonds. The minimum absolute atomic E-state index is 0.0238. The van der Waals surface area contributed by atoms with E-state index in [4.69, 9.17) is 0 Å². The Bertz CT molecular complexity index is 968. The number of carbonyl (C=O) groups is 1. The smallest absolute Gasteiger partial charge is 0.224 e. The van der Waals surface area contributed by atoms with Crippen LogP contribution in [0.25, 0.3) is 12.2 Å². The monoisotopic (exact) mass is 384 g/mol. The number of carbonyl (C=O) groups excluding carboxylic acids is 1. The van der Waals surface area contributed by atoms with Gasteiger partial charge in [0, 0.05) is 18.3 Å². The van der Waals surface area contributed by atoms with Gasteiger partial charge in [0.1, 0.15) is 0 Å². The van der Waals surface area contributed by atoms with Crippen molar-refractivity contribution in [1.82, 2.24) is 4.98 Å². The van der Waals surface area contributed by atoms with Gasteiger partial charge in [0.2, 0.25) is 5.91 Å². The fourth-order valence-corrected chi connectivity index (χ4v) is 3.03. The second-order valence-corrected chi connectivity index (χ2v) is 8.21. The molecule has 0 aliphatic rings. The Hall–Kier alpha value is -3.20. The van der Waals surface area contributed by atoms with Gasteiger partial charge in [-0.25, -0.2) is 0 Å². The number of benzene rings is 2. The second kappa shape index (κ2) is 9.33. The lowest BCUT2D eigenvalue weighted by Gasteiger charge is -2.19. The molecule has 0 fully saturated rings. The first-order valence-electron chi connectivity index (χ1n) is 9.99. The van der Waals surface area contributed by atoms with Crippen LogP contribution in [0.5, 0.6) is 0 Å². The molecule has 0 unspecified atom stereocenters. The summed E-state index contributed by atoms with van der Waals surface area (Å²) in [6, 6.07) is 22.2. The fraction of sp³-hybridized carbons (Fsp3) is 0.231. The second-order valence-electron chi connectivity index (χ2n) is 8.21. The van der Waals surface area contributed by atoms with Crippen LogP contribution in [0.4, 0.5) is 5.69 Å². The van der Waals surface area contributed by atoms with Crippen molar-refractivity contribution >= 4 is 23.7 Å². The number of aryl methyl sites for hydroxylation is 1. The van der Waals surface area contributed by atoms with E-state index in [1.54, 1.807) is 6.20 Å². The molecule has 3 rings (SSSR count). The molecule has 0 radical (unpaired) electrons. The van der Waals surface area contributed by atoms with Gasteiger partial charge in [-0.1, -0.05) is 69.3 Å². The van der Waals surface area contributed by atoms with Crippen LogP contribution in [-0.4, -0.2) is 10.9 Å². The van der Waals surface area contributed by atoms with Crippen LogP contribution in [0, 0.1) is 0 Å². The van der Waals surface area contributed by atoms with Gasteiger partial charge in [-0.15, -0.1) is 0 Å². The summed E-state index contributed by atoms with van der Waals surface area (Å²) in [5, 5.41) is 3.00. The maximum Gasteiger partial charge on any atom is 0.224 e. The summed E-state index contributed by atoms with van der Waals surface area (Å²) in [6.07, 6.45) is 6.92. The van der Waals surface area contributed by atoms with Crippen molar-refractivity contribution < 1.29 is 4.79 Å². The molecule has 0 saturated heterocycles. The summed E-state index contributed by atoms with van der Waals surface area (Å²) in [6.45, 7) is 6.61. The summed E-state index contributed by atoms with van der Waals surface area (Å²) >= 11 is 0. The SMILES string of the molecule is CC(C)(C)c1ccc(CCC(=O)Nc2cccc(/C=C/c3ccccn3)c2)cc1. The van der Waals surface area contributed by atoms with Crippen molar-refractivity contribution in [2.24, 2.45) is 0 Å². The Morgan fingerprint density at radius 1 is 0.966 bits per heavy atom. The Kier molecular flexibility index (Phi) is 6.61. The lowest BCUT2D eigenvalue weighted by Crippen LogP contribution is -2.13. The quantitative estimate of drug-likeness (QED) is 0.556. The van der Waals surface area contributed by atoms with E-state index in [0.717, 1.165) is 23.4 Å². The molecule has 0 atom stereocenters. The summed E-state index contributed by atoms with van der Waals surface area (Å²) < 4.78 is 0. The highest BCUT2D eigenvalue weighted by Crippen LogP contribution is 2.22. The highest BCUT2D eigenvalue weighted by Gasteiger charge is 2.13. The summed E-state index contributed by atoms with van der Waals surface area (Å²) in [4.78, 5) is 16.6. The maximum atomic E-state index is 12.4. The number of hydrogen-bond acceptors (Lipinski definition) is 2. The highest BCUT2D eigenvalue weighted by molar-refractivity contribution is 5.91. The number of nitrogens with zero attached hydrogens (tertiary/aromatic N) is 1. The van der Waals surface area contributed by atoms with Gasteiger partial charge in [-0.3, -0.25) is 9.78 Å². The van der Waals surface area contributed by atoms with E-state index < -0.39 is 0 Å². The molecule has 0 bridgehead atoms. The third kappa shape index (κ3) is 6.42. The van der Waals surface area contributed by atoms with Crippen LogP contribution in [0.3, 0.4) is 0 Å². The molecule has 3 aromatic rings. The molecule has 1 N–H and O–H groups in total. The average molecular weight is 385 g/mol. The number of amides is 1. The third-order valence-electron chi connectivity index (χ3n) is 4.77. The first kappa shape index (κ1) is 20.5. The predicted octanol–water partition coefficient (Wildman–Crippen LogP) is 6.12. The summed E-state index contributed by atoms with van der Waals surface area (Å²) in [5.74, 6) is 0.0238. The van der Waals surface area contributed by atoms with E-state index in [0.29, 0.717) is 6.42 Å². The van der Waals surface area contributed by atoms with Crippen LogP contribution in [0.15, 0.2) is 72.9 Å². The van der Waals surface area contributed by atoms with Crippen LogP contribution < -0.4 is 5.32 Å². The van der Waals surface area contributed by atoms with Gasteiger partial charge in [0.15, 0.2) is 0 Å². The molecule has 148 valence electrons. The number of anilines is 1. The Morgan fingerprint density at radius 3 is 2.45 bits per heavy atom. The molecule has 29 heavy (non-hydrogen) atoms. The number of pyridine rings is 1. The fourth-order valence-electron chi connectivity index (χ4n) is 3.03. The molecule has 0 saturated carbocycles. The van der Waals surface area contributed by atoms with E-state index in [1.807, 2.05) is 54.6 Å². The number of nitrogens with one attached hydrogen (secondary N) is 1. The van der Waals surface area contributed by atoms with E-state index in [9.17, 15) is 4.79 Å². The van der Waals surface area contributed by atoms with Gasteiger partial charge in [-0.2, -0.15) is 0 Å². The summed E-state index contributed by atoms with van der Waals surface area (Å²) in [5.41, 5.74) is 5.36. The zero-order valence-electron chi connectivity index (χ0n) is 17.4. The third-order valence-corrected chi connectivity index (χ3v) is 4.77. The minimum Gasteiger partial charge on any atom is -0.326 e. The normalized spacial score (nSPS) is 11.6. The molecule has 0 aliphatic heterocycles. The number of aromatic nitrogens is 1. The minimum atomic E-state index is 0.0238. The average Bonchev–Trinajstić information content (AvgIpc) is 2.71. The molecular formula is C26H28N2O. The van der Waals surface area contributed by atoms with Crippen molar-refractivity contribution in [3.8, 4) is 0 Å². The van der Waals surface area contributed by atoms with Crippen LogP contribution in [-0.2, 0) is 16.6 Å². The molecule has 0 aliphatic carbocycles. The predicted molar refractivity (Wildman–Crippen MR) is 122 cm³/mol. The summed E-state index contributed by atoms with van der Waals surface area (Å²) in [7, 11) is 0. The first-order chi connectivity index (χ1) is 13.9. The lowest BCUT2D eigenvalue weighted by molar-refractivity contribution is -0.116. The molecular weight excluding hydrogens is 356 g/mol. The number of hydrogen-bond donors (Lipinski definition) is 1. The van der Waals surface area contributed by atoms with Crippen molar-refractivity contribution in [2.75, 3.05) is 5.32 Å². The highest BCUT2D eigenvalue weighted by atomic mass is 16.1. The molecule has 1 aromatic heterocycles. The van der Waals surface area contributed by atoms with Gasteiger partial charge in [0.25, 0.3) is 0 Å². The molecule has 1 heterocycles. The lowest BCUT2D eigenvalue weighted by atomic mass is 9.86. The van der Waals surface area contributed by atoms with Crippen molar-refractivity contribution in [2.45, 2.75) is 39.0 Å². The number of rotatable bonds is 6. The van der Waals surface area contributed by atoms with Gasteiger partial charge in [-0.05, 0) is 58.9 Å². The van der Waals surface area contributed by atoms with Crippen molar-refractivity contribution in [3.63, 3.8) is 0 Å². The molecule has 3 nitrogen and oxygen atoms in total. The molecule has 0 spiro atoms. The van der Waals surface area contributed by atoms with Crippen LogP contribution in [0.2, 0.25) is 0 Å². The zero-order valence-corrected chi connectivity index (χ0v) is 17.4. The van der Waals surface area contributed by atoms with E-state index in [2.05, 4.69) is 55.3 Å². The van der Waals surface area contributed by atoms with Gasteiger partial charge < -0.3 is 5.32 Å². The van der Waals surface area contributed by atoms with E-state index >= 15 is 0 Å². The Labute approximate surface area is 173 Å². The van der Waals surface area contributed by atoms with Gasteiger partial charge in [0.05, 0.1) is 5.69 Å². The Morgan fingerprint density at radius 2 is 1.76 bits per heavy atom. The topological polar surface area (TPSA) is 42.0 Å². The van der Waals surface area contributed by atoms with E-state index in [1.165, 1.54) is 11.1 Å². The van der Waals surface area contributed by atoms with Crippen LogP contribution >= 0.6 is 0 Å². The maximum absolute atomic E-state index is 12.4.